The number of benzene rings is 1. The molecule has 76 valence electrons. The van der Waals surface area contributed by atoms with Crippen LogP contribution in [-0.4, -0.2) is 8.42 Å². The Morgan fingerprint density at radius 3 is 2.64 bits per heavy atom. The largest absolute Gasteiger partial charge is 0.257 e. The second-order valence-electron chi connectivity index (χ2n) is 3.14. The Hall–Kier alpha value is -0.800. The minimum atomic E-state index is -3.64. The number of allylic oxidation sites excluding steroid dienone is 1. The summed E-state index contributed by atoms with van der Waals surface area (Å²) in [7, 11) is 1.51. The summed E-state index contributed by atoms with van der Waals surface area (Å²) in [5.74, 6) is 0. The van der Waals surface area contributed by atoms with Crippen molar-refractivity contribution in [3.63, 3.8) is 0 Å². The predicted octanol–water partition coefficient (Wildman–Crippen LogP) is 2.62. The van der Waals surface area contributed by atoms with Gasteiger partial charge in [-0.1, -0.05) is 36.4 Å². The van der Waals surface area contributed by atoms with Crippen LogP contribution in [0, 0.1) is 6.92 Å². The van der Waals surface area contributed by atoms with Crippen LogP contribution in [-0.2, 0) is 15.5 Å². The fourth-order valence-electron chi connectivity index (χ4n) is 1.14. The van der Waals surface area contributed by atoms with Crippen LogP contribution in [0.15, 0.2) is 35.7 Å². The van der Waals surface area contributed by atoms with Crippen LogP contribution in [0.5, 0.6) is 0 Å². The number of aryl methyl sites for hydroxylation is 1. The Bertz CT molecular complexity index is 449. The lowest BCUT2D eigenvalue weighted by Gasteiger charge is -2.02. The van der Waals surface area contributed by atoms with Gasteiger partial charge in [-0.15, -0.1) is 0 Å². The van der Waals surface area contributed by atoms with Gasteiger partial charge in [-0.2, -0.15) is 0 Å². The molecule has 0 bridgehead atoms. The Morgan fingerprint density at radius 2 is 2.14 bits per heavy atom. The molecule has 0 fully saturated rings. The van der Waals surface area contributed by atoms with Crippen LogP contribution in [0.3, 0.4) is 0 Å². The monoisotopic (exact) mass is 230 g/mol. The Kier molecular flexibility index (Phi) is 3.34. The predicted molar refractivity (Wildman–Crippen MR) is 58.8 cm³/mol. The maximum Gasteiger partial charge on any atom is 0.257 e. The number of rotatable bonds is 3. The van der Waals surface area contributed by atoms with E-state index in [0.29, 0.717) is 0 Å². The lowest BCUT2D eigenvalue weighted by Crippen LogP contribution is -1.97. The third-order valence-corrected chi connectivity index (χ3v) is 3.32. The molecule has 0 amide bonds. The van der Waals surface area contributed by atoms with Crippen molar-refractivity contribution in [1.29, 1.82) is 0 Å². The molecular weight excluding hydrogens is 220 g/mol. The fourth-order valence-corrected chi connectivity index (χ4v) is 1.64. The lowest BCUT2D eigenvalue weighted by atomic mass is 10.1. The van der Waals surface area contributed by atoms with Crippen molar-refractivity contribution < 1.29 is 8.42 Å². The van der Waals surface area contributed by atoms with Gasteiger partial charge in [0.15, 0.2) is 0 Å². The number of hydrogen-bond acceptors (Lipinski definition) is 2. The van der Waals surface area contributed by atoms with Gasteiger partial charge in [0.05, 0.1) is 4.91 Å². The average molecular weight is 231 g/mol. The Labute approximate surface area is 88.6 Å². The van der Waals surface area contributed by atoms with Crippen molar-refractivity contribution in [3.8, 4) is 0 Å². The summed E-state index contributed by atoms with van der Waals surface area (Å²) in [6.45, 7) is 5.38. The smallest absolute Gasteiger partial charge is 0.207 e. The van der Waals surface area contributed by atoms with Crippen molar-refractivity contribution in [2.24, 2.45) is 0 Å². The zero-order chi connectivity index (χ0) is 10.8. The van der Waals surface area contributed by atoms with Crippen LogP contribution in [0.1, 0.15) is 11.1 Å². The molecule has 0 aliphatic carbocycles. The van der Waals surface area contributed by atoms with E-state index >= 15 is 0 Å². The molecule has 1 rings (SSSR count). The molecule has 0 aliphatic rings. The first kappa shape index (κ1) is 11.3. The maximum atomic E-state index is 10.9. The Morgan fingerprint density at radius 1 is 1.50 bits per heavy atom. The molecule has 0 heterocycles. The molecule has 2 nitrogen and oxygen atoms in total. The maximum absolute atomic E-state index is 10.9. The minimum absolute atomic E-state index is 0.0322. The standard InChI is InChI=1S/C10H11ClO2S/c1-8-4-3-5-10(6-8)7-9(2)14(11,12)13/h3-6H,2,7H2,1H3. The highest BCUT2D eigenvalue weighted by Gasteiger charge is 2.11. The van der Waals surface area contributed by atoms with Crippen LogP contribution in [0.2, 0.25) is 0 Å². The molecule has 14 heavy (non-hydrogen) atoms. The molecule has 4 heteroatoms. The minimum Gasteiger partial charge on any atom is -0.207 e. The molecule has 1 aromatic carbocycles. The molecule has 0 unspecified atom stereocenters. The third-order valence-electron chi connectivity index (χ3n) is 1.83. The van der Waals surface area contributed by atoms with Crippen LogP contribution in [0.25, 0.3) is 0 Å². The highest BCUT2D eigenvalue weighted by Crippen LogP contribution is 2.16. The first-order chi connectivity index (χ1) is 6.39. The quantitative estimate of drug-likeness (QED) is 0.749. The van der Waals surface area contributed by atoms with E-state index in [9.17, 15) is 8.42 Å². The average Bonchev–Trinajstić information content (AvgIpc) is 2.02. The normalized spacial score (nSPS) is 11.3. The van der Waals surface area contributed by atoms with E-state index < -0.39 is 9.05 Å². The second kappa shape index (κ2) is 4.15. The van der Waals surface area contributed by atoms with Gasteiger partial charge >= 0.3 is 0 Å². The number of halogens is 1. The van der Waals surface area contributed by atoms with Crippen molar-refractivity contribution in [3.05, 3.63) is 46.9 Å². The van der Waals surface area contributed by atoms with Gasteiger partial charge in [-0.25, -0.2) is 8.42 Å². The third kappa shape index (κ3) is 3.16. The molecule has 0 radical (unpaired) electrons. The van der Waals surface area contributed by atoms with E-state index in [4.69, 9.17) is 10.7 Å². The van der Waals surface area contributed by atoms with Gasteiger partial charge in [0.2, 0.25) is 0 Å². The van der Waals surface area contributed by atoms with Gasteiger partial charge in [-0.3, -0.25) is 0 Å². The Balaban J connectivity index is 2.86. The zero-order valence-corrected chi connectivity index (χ0v) is 9.40. The number of hydrogen-bond donors (Lipinski definition) is 0. The van der Waals surface area contributed by atoms with Gasteiger partial charge in [0, 0.05) is 17.1 Å². The van der Waals surface area contributed by atoms with E-state index in [1.807, 2.05) is 31.2 Å². The van der Waals surface area contributed by atoms with Gasteiger partial charge in [0.25, 0.3) is 9.05 Å². The van der Waals surface area contributed by atoms with Crippen molar-refractivity contribution in [1.82, 2.24) is 0 Å². The molecule has 0 saturated carbocycles. The van der Waals surface area contributed by atoms with E-state index in [0.717, 1.165) is 11.1 Å². The van der Waals surface area contributed by atoms with E-state index in [1.165, 1.54) is 0 Å². The van der Waals surface area contributed by atoms with Crippen LogP contribution >= 0.6 is 10.7 Å². The van der Waals surface area contributed by atoms with Crippen molar-refractivity contribution in [2.75, 3.05) is 0 Å². The molecule has 0 aromatic heterocycles. The second-order valence-corrected chi connectivity index (χ2v) is 5.81. The van der Waals surface area contributed by atoms with Crippen molar-refractivity contribution >= 4 is 19.7 Å². The van der Waals surface area contributed by atoms with E-state index in [-0.39, 0.29) is 11.3 Å². The summed E-state index contributed by atoms with van der Waals surface area (Å²) < 4.78 is 21.8. The summed E-state index contributed by atoms with van der Waals surface area (Å²) in [5, 5.41) is 0. The summed E-state index contributed by atoms with van der Waals surface area (Å²) in [5.41, 5.74) is 1.99. The van der Waals surface area contributed by atoms with E-state index in [2.05, 4.69) is 6.58 Å². The highest BCUT2D eigenvalue weighted by molar-refractivity contribution is 8.16. The molecule has 0 N–H and O–H groups in total. The lowest BCUT2D eigenvalue weighted by molar-refractivity contribution is 0.614. The molecule has 0 atom stereocenters. The molecule has 1 aromatic rings. The molecule has 0 spiro atoms. The zero-order valence-electron chi connectivity index (χ0n) is 7.83. The molecule has 0 aliphatic heterocycles. The highest BCUT2D eigenvalue weighted by atomic mass is 35.7. The van der Waals surface area contributed by atoms with Crippen LogP contribution in [0.4, 0.5) is 0 Å². The van der Waals surface area contributed by atoms with Crippen molar-refractivity contribution in [2.45, 2.75) is 13.3 Å². The summed E-state index contributed by atoms with van der Waals surface area (Å²) in [6, 6.07) is 7.58. The summed E-state index contributed by atoms with van der Waals surface area (Å²) >= 11 is 0. The SMILES string of the molecule is C=C(Cc1cccc(C)c1)S(=O)(=O)Cl. The molecular formula is C10H11ClO2S. The summed E-state index contributed by atoms with van der Waals surface area (Å²) in [4.78, 5) is 0.0322. The topological polar surface area (TPSA) is 34.1 Å². The van der Waals surface area contributed by atoms with E-state index in [1.54, 1.807) is 0 Å². The molecule has 0 saturated heterocycles. The first-order valence-electron chi connectivity index (χ1n) is 4.07. The van der Waals surface area contributed by atoms with Gasteiger partial charge < -0.3 is 0 Å². The van der Waals surface area contributed by atoms with Gasteiger partial charge in [-0.05, 0) is 12.5 Å². The fraction of sp³-hybridized carbons (Fsp3) is 0.200. The van der Waals surface area contributed by atoms with Gasteiger partial charge in [0.1, 0.15) is 0 Å². The van der Waals surface area contributed by atoms with Crippen LogP contribution < -0.4 is 0 Å². The summed E-state index contributed by atoms with van der Waals surface area (Å²) in [6.07, 6.45) is 0.271. The first-order valence-corrected chi connectivity index (χ1v) is 6.38.